The molecule has 1 aromatic heterocycles. The standard InChI is InChI=1S/C10H6N4/c1-14-10-8(5-12)3-2-7(4-11)9(10)6-13-14/h2-3,6H,1H3. The molecule has 0 unspecified atom stereocenters. The summed E-state index contributed by atoms with van der Waals surface area (Å²) in [4.78, 5) is 0. The molecule has 0 amide bonds. The molecule has 2 aromatic rings. The zero-order chi connectivity index (χ0) is 10.1. The minimum atomic E-state index is 0.541. The summed E-state index contributed by atoms with van der Waals surface area (Å²) in [5.41, 5.74) is 1.80. The molecular formula is C10H6N4. The Morgan fingerprint density at radius 3 is 2.50 bits per heavy atom. The molecule has 0 radical (unpaired) electrons. The Morgan fingerprint density at radius 2 is 1.86 bits per heavy atom. The molecule has 4 nitrogen and oxygen atoms in total. The average Bonchev–Trinajstić information content (AvgIpc) is 2.60. The van der Waals surface area contributed by atoms with Crippen LogP contribution in [-0.2, 0) is 7.05 Å². The van der Waals surface area contributed by atoms with Gasteiger partial charge in [0.2, 0.25) is 0 Å². The molecule has 0 atom stereocenters. The van der Waals surface area contributed by atoms with Crippen molar-refractivity contribution in [3.8, 4) is 12.1 Å². The highest BCUT2D eigenvalue weighted by atomic mass is 15.2. The quantitative estimate of drug-likeness (QED) is 0.617. The number of hydrogen-bond donors (Lipinski definition) is 0. The van der Waals surface area contributed by atoms with E-state index in [1.807, 2.05) is 0 Å². The molecule has 66 valence electrons. The highest BCUT2D eigenvalue weighted by Gasteiger charge is 2.09. The lowest BCUT2D eigenvalue weighted by Gasteiger charge is -1.97. The summed E-state index contributed by atoms with van der Waals surface area (Å²) in [6.07, 6.45) is 1.61. The van der Waals surface area contributed by atoms with Gasteiger partial charge >= 0.3 is 0 Å². The number of nitrogens with zero attached hydrogens (tertiary/aromatic N) is 4. The van der Waals surface area contributed by atoms with E-state index in [0.29, 0.717) is 16.6 Å². The minimum Gasteiger partial charge on any atom is -0.267 e. The molecule has 0 saturated heterocycles. The fourth-order valence-corrected chi connectivity index (χ4v) is 1.48. The van der Waals surface area contributed by atoms with Gasteiger partial charge < -0.3 is 0 Å². The maximum absolute atomic E-state index is 8.87. The van der Waals surface area contributed by atoms with Crippen molar-refractivity contribution in [3.05, 3.63) is 29.5 Å². The van der Waals surface area contributed by atoms with Crippen molar-refractivity contribution in [3.63, 3.8) is 0 Å². The van der Waals surface area contributed by atoms with Crippen LogP contribution in [0.4, 0.5) is 0 Å². The van der Waals surface area contributed by atoms with Crippen molar-refractivity contribution in [2.75, 3.05) is 0 Å². The SMILES string of the molecule is Cn1ncc2c(C#N)ccc(C#N)c21. The second kappa shape index (κ2) is 2.86. The van der Waals surface area contributed by atoms with Crippen LogP contribution >= 0.6 is 0 Å². The second-order valence-corrected chi connectivity index (χ2v) is 2.91. The molecule has 0 aliphatic heterocycles. The third-order valence-corrected chi connectivity index (χ3v) is 2.14. The minimum absolute atomic E-state index is 0.541. The van der Waals surface area contributed by atoms with E-state index in [1.165, 1.54) is 0 Å². The molecule has 14 heavy (non-hydrogen) atoms. The molecule has 2 rings (SSSR count). The van der Waals surface area contributed by atoms with Crippen LogP contribution in [-0.4, -0.2) is 9.78 Å². The molecule has 4 heteroatoms. The van der Waals surface area contributed by atoms with Crippen LogP contribution in [0, 0.1) is 22.7 Å². The first-order valence-corrected chi connectivity index (χ1v) is 4.03. The van der Waals surface area contributed by atoms with Crippen molar-refractivity contribution < 1.29 is 0 Å². The van der Waals surface area contributed by atoms with Gasteiger partial charge in [-0.05, 0) is 12.1 Å². The molecule has 1 aromatic carbocycles. The van der Waals surface area contributed by atoms with E-state index in [2.05, 4.69) is 17.2 Å². The van der Waals surface area contributed by atoms with E-state index in [-0.39, 0.29) is 0 Å². The monoisotopic (exact) mass is 182 g/mol. The summed E-state index contributed by atoms with van der Waals surface area (Å²) in [7, 11) is 1.75. The molecule has 0 aliphatic carbocycles. The average molecular weight is 182 g/mol. The topological polar surface area (TPSA) is 65.4 Å². The van der Waals surface area contributed by atoms with Crippen LogP contribution < -0.4 is 0 Å². The number of aromatic nitrogens is 2. The largest absolute Gasteiger partial charge is 0.267 e. The van der Waals surface area contributed by atoms with E-state index in [1.54, 1.807) is 30.1 Å². The van der Waals surface area contributed by atoms with E-state index in [9.17, 15) is 0 Å². The summed E-state index contributed by atoms with van der Waals surface area (Å²) >= 11 is 0. The summed E-state index contributed by atoms with van der Waals surface area (Å²) < 4.78 is 1.61. The smallest absolute Gasteiger partial charge is 0.101 e. The number of nitriles is 2. The van der Waals surface area contributed by atoms with Crippen molar-refractivity contribution >= 4 is 10.9 Å². The lowest BCUT2D eigenvalue weighted by Crippen LogP contribution is -1.92. The van der Waals surface area contributed by atoms with Gasteiger partial charge in [0, 0.05) is 12.4 Å². The number of aryl methyl sites for hydroxylation is 1. The number of benzene rings is 1. The first-order chi connectivity index (χ1) is 6.77. The Hall–Kier alpha value is -2.33. The van der Waals surface area contributed by atoms with Crippen LogP contribution in [0.2, 0.25) is 0 Å². The van der Waals surface area contributed by atoms with Gasteiger partial charge in [0.25, 0.3) is 0 Å². The van der Waals surface area contributed by atoms with Crippen molar-refractivity contribution in [1.29, 1.82) is 10.5 Å². The van der Waals surface area contributed by atoms with E-state index < -0.39 is 0 Å². The van der Waals surface area contributed by atoms with Gasteiger partial charge in [-0.25, -0.2) is 0 Å². The fraction of sp³-hybridized carbons (Fsp3) is 0.100. The summed E-state index contributed by atoms with van der Waals surface area (Å²) in [6, 6.07) is 7.43. The highest BCUT2D eigenvalue weighted by Crippen LogP contribution is 2.20. The van der Waals surface area contributed by atoms with Crippen molar-refractivity contribution in [2.24, 2.45) is 7.05 Å². The summed E-state index contributed by atoms with van der Waals surface area (Å²) in [6.45, 7) is 0. The van der Waals surface area contributed by atoms with Gasteiger partial charge in [0.1, 0.15) is 6.07 Å². The van der Waals surface area contributed by atoms with Crippen molar-refractivity contribution in [1.82, 2.24) is 9.78 Å². The number of hydrogen-bond acceptors (Lipinski definition) is 3. The van der Waals surface area contributed by atoms with Gasteiger partial charge in [0.15, 0.2) is 0 Å². The lowest BCUT2D eigenvalue weighted by atomic mass is 10.1. The van der Waals surface area contributed by atoms with E-state index in [0.717, 1.165) is 5.39 Å². The zero-order valence-corrected chi connectivity index (χ0v) is 7.52. The first kappa shape index (κ1) is 8.28. The van der Waals surface area contributed by atoms with E-state index >= 15 is 0 Å². The van der Waals surface area contributed by atoms with Gasteiger partial charge in [0.05, 0.1) is 28.9 Å². The molecule has 0 N–H and O–H groups in total. The van der Waals surface area contributed by atoms with Crippen LogP contribution in [0.3, 0.4) is 0 Å². The maximum atomic E-state index is 8.87. The molecule has 0 spiro atoms. The zero-order valence-electron chi connectivity index (χ0n) is 7.52. The molecule has 0 saturated carbocycles. The Bertz CT molecular complexity index is 580. The fourth-order valence-electron chi connectivity index (χ4n) is 1.48. The summed E-state index contributed by atoms with van der Waals surface area (Å²) in [5, 5.41) is 22.5. The Morgan fingerprint density at radius 1 is 1.21 bits per heavy atom. The van der Waals surface area contributed by atoms with Gasteiger partial charge in [-0.2, -0.15) is 15.6 Å². The van der Waals surface area contributed by atoms with Crippen LogP contribution in [0.25, 0.3) is 10.9 Å². The Balaban J connectivity index is 2.99. The molecule has 0 fully saturated rings. The van der Waals surface area contributed by atoms with Gasteiger partial charge in [-0.1, -0.05) is 0 Å². The highest BCUT2D eigenvalue weighted by molar-refractivity contribution is 5.89. The predicted molar refractivity (Wildman–Crippen MR) is 50.1 cm³/mol. The van der Waals surface area contributed by atoms with Gasteiger partial charge in [-0.3, -0.25) is 4.68 Å². The van der Waals surface area contributed by atoms with Crippen molar-refractivity contribution in [2.45, 2.75) is 0 Å². The summed E-state index contributed by atoms with van der Waals surface area (Å²) in [5.74, 6) is 0. The third kappa shape index (κ3) is 0.949. The maximum Gasteiger partial charge on any atom is 0.101 e. The third-order valence-electron chi connectivity index (χ3n) is 2.14. The molecular weight excluding hydrogens is 176 g/mol. The van der Waals surface area contributed by atoms with Gasteiger partial charge in [-0.15, -0.1) is 0 Å². The molecule has 1 heterocycles. The molecule has 0 bridgehead atoms. The van der Waals surface area contributed by atoms with Crippen LogP contribution in [0.5, 0.6) is 0 Å². The second-order valence-electron chi connectivity index (χ2n) is 2.91. The number of rotatable bonds is 0. The van der Waals surface area contributed by atoms with Crippen LogP contribution in [0.15, 0.2) is 18.3 Å². The normalized spacial score (nSPS) is 9.64. The lowest BCUT2D eigenvalue weighted by molar-refractivity contribution is 0.796. The van der Waals surface area contributed by atoms with Crippen LogP contribution in [0.1, 0.15) is 11.1 Å². The predicted octanol–water partition coefficient (Wildman–Crippen LogP) is 1.32. The Kier molecular flexibility index (Phi) is 1.69. The first-order valence-electron chi connectivity index (χ1n) is 4.03. The number of fused-ring (bicyclic) bond motifs is 1. The van der Waals surface area contributed by atoms with E-state index in [4.69, 9.17) is 10.5 Å². The molecule has 0 aliphatic rings. The Labute approximate surface area is 80.6 Å².